The number of H-pyrrole nitrogens is 1. The monoisotopic (exact) mass is 305 g/mol. The average Bonchev–Trinajstić information content (AvgIpc) is 2.92. The zero-order valence-electron chi connectivity index (χ0n) is 11.9. The number of halogens is 1. The molecule has 22 heavy (non-hydrogen) atoms. The molecule has 0 amide bonds. The van der Waals surface area contributed by atoms with E-state index < -0.39 is 5.97 Å². The van der Waals surface area contributed by atoms with E-state index in [9.17, 15) is 9.18 Å². The summed E-state index contributed by atoms with van der Waals surface area (Å²) in [5.74, 6) is -0.687. The minimum Gasteiger partial charge on any atom is -0.492 e. The molecule has 2 N–H and O–H groups in total. The van der Waals surface area contributed by atoms with Crippen molar-refractivity contribution in [3.8, 4) is 5.75 Å². The minimum absolute atomic E-state index is 0.0964. The summed E-state index contributed by atoms with van der Waals surface area (Å²) in [5, 5.41) is 15.7. The highest BCUT2D eigenvalue weighted by molar-refractivity contribution is 5.87. The third kappa shape index (κ3) is 3.09. The standard InChI is InChI=1S/C15H16FN3O3/c16-10-1-3-11(4-2-10)22-8-7-19-6-5-13-12(9-19)14(15(20)21)18-17-13/h1-4H,5-9H2,(H,17,18)(H,20,21). The Kier molecular flexibility index (Phi) is 4.06. The fourth-order valence-electron chi connectivity index (χ4n) is 2.54. The van der Waals surface area contributed by atoms with Gasteiger partial charge >= 0.3 is 5.97 Å². The molecule has 2 aromatic rings. The summed E-state index contributed by atoms with van der Waals surface area (Å²) in [4.78, 5) is 13.2. The van der Waals surface area contributed by atoms with Crippen LogP contribution < -0.4 is 4.74 Å². The SMILES string of the molecule is O=C(O)c1n[nH]c2c1CN(CCOc1ccc(F)cc1)CC2. The van der Waals surface area contributed by atoms with Gasteiger partial charge in [-0.2, -0.15) is 5.10 Å². The minimum atomic E-state index is -1.01. The van der Waals surface area contributed by atoms with Crippen molar-refractivity contribution < 1.29 is 19.0 Å². The van der Waals surface area contributed by atoms with Crippen LogP contribution in [0.5, 0.6) is 5.75 Å². The van der Waals surface area contributed by atoms with E-state index in [1.54, 1.807) is 12.1 Å². The van der Waals surface area contributed by atoms with Crippen molar-refractivity contribution in [2.24, 2.45) is 0 Å². The van der Waals surface area contributed by atoms with E-state index in [0.717, 1.165) is 24.2 Å². The van der Waals surface area contributed by atoms with Crippen LogP contribution in [0.4, 0.5) is 4.39 Å². The van der Waals surface area contributed by atoms with Gasteiger partial charge in [-0.1, -0.05) is 0 Å². The lowest BCUT2D eigenvalue weighted by Gasteiger charge is -2.26. The number of hydrogen-bond donors (Lipinski definition) is 2. The van der Waals surface area contributed by atoms with Crippen molar-refractivity contribution in [1.82, 2.24) is 15.1 Å². The number of nitrogens with one attached hydrogen (secondary N) is 1. The van der Waals surface area contributed by atoms with Crippen LogP contribution in [-0.4, -0.2) is 45.9 Å². The number of carboxylic acids is 1. The quantitative estimate of drug-likeness (QED) is 0.879. The molecular formula is C15H16FN3O3. The van der Waals surface area contributed by atoms with E-state index >= 15 is 0 Å². The van der Waals surface area contributed by atoms with Crippen LogP contribution in [0.2, 0.25) is 0 Å². The number of hydrogen-bond acceptors (Lipinski definition) is 4. The molecule has 0 spiro atoms. The summed E-state index contributed by atoms with van der Waals surface area (Å²) < 4.78 is 18.4. The van der Waals surface area contributed by atoms with Gasteiger partial charge in [-0.3, -0.25) is 10.00 Å². The molecule has 3 rings (SSSR count). The van der Waals surface area contributed by atoms with E-state index in [1.165, 1.54) is 12.1 Å². The summed E-state index contributed by atoms with van der Waals surface area (Å²) in [7, 11) is 0. The third-order valence-corrected chi connectivity index (χ3v) is 3.70. The predicted molar refractivity (Wildman–Crippen MR) is 76.4 cm³/mol. The second-order valence-corrected chi connectivity index (χ2v) is 5.16. The van der Waals surface area contributed by atoms with Crippen molar-refractivity contribution in [1.29, 1.82) is 0 Å². The number of aromatic amines is 1. The molecule has 0 unspecified atom stereocenters. The Morgan fingerprint density at radius 1 is 1.41 bits per heavy atom. The van der Waals surface area contributed by atoms with E-state index in [4.69, 9.17) is 9.84 Å². The first-order chi connectivity index (χ1) is 10.6. The highest BCUT2D eigenvalue weighted by Gasteiger charge is 2.24. The molecule has 0 aliphatic carbocycles. The number of benzene rings is 1. The fraction of sp³-hybridized carbons (Fsp3) is 0.333. The molecule has 0 atom stereocenters. The Balaban J connectivity index is 1.55. The molecule has 0 radical (unpaired) electrons. The third-order valence-electron chi connectivity index (χ3n) is 3.70. The van der Waals surface area contributed by atoms with Gasteiger partial charge in [0, 0.05) is 37.3 Å². The first kappa shape index (κ1) is 14.5. The highest BCUT2D eigenvalue weighted by Crippen LogP contribution is 2.20. The smallest absolute Gasteiger partial charge is 0.356 e. The molecule has 0 fully saturated rings. The van der Waals surface area contributed by atoms with Gasteiger partial charge in [0.15, 0.2) is 5.69 Å². The predicted octanol–water partition coefficient (Wildman–Crippen LogP) is 1.68. The molecule has 1 aromatic carbocycles. The van der Waals surface area contributed by atoms with E-state index in [1.807, 2.05) is 0 Å². The summed E-state index contributed by atoms with van der Waals surface area (Å²) >= 11 is 0. The summed E-state index contributed by atoms with van der Waals surface area (Å²) in [5.41, 5.74) is 1.74. The normalized spacial score (nSPS) is 14.6. The highest BCUT2D eigenvalue weighted by atomic mass is 19.1. The fourth-order valence-corrected chi connectivity index (χ4v) is 2.54. The molecule has 7 heteroatoms. The van der Waals surface area contributed by atoms with Gasteiger partial charge in [-0.05, 0) is 24.3 Å². The zero-order chi connectivity index (χ0) is 15.5. The van der Waals surface area contributed by atoms with Crippen LogP contribution >= 0.6 is 0 Å². The lowest BCUT2D eigenvalue weighted by molar-refractivity contribution is 0.0687. The van der Waals surface area contributed by atoms with Crippen LogP contribution in [0, 0.1) is 5.82 Å². The van der Waals surface area contributed by atoms with Crippen molar-refractivity contribution in [3.05, 3.63) is 47.0 Å². The van der Waals surface area contributed by atoms with Crippen molar-refractivity contribution in [3.63, 3.8) is 0 Å². The molecule has 0 saturated carbocycles. The zero-order valence-corrected chi connectivity index (χ0v) is 11.9. The van der Waals surface area contributed by atoms with Crippen LogP contribution in [0.1, 0.15) is 21.7 Å². The molecule has 1 aliphatic heterocycles. The molecule has 0 saturated heterocycles. The summed E-state index contributed by atoms with van der Waals surface area (Å²) in [6.07, 6.45) is 0.742. The molecule has 1 aromatic heterocycles. The van der Waals surface area contributed by atoms with Crippen LogP contribution in [-0.2, 0) is 13.0 Å². The van der Waals surface area contributed by atoms with E-state index in [2.05, 4.69) is 15.1 Å². The lowest BCUT2D eigenvalue weighted by atomic mass is 10.1. The number of fused-ring (bicyclic) bond motifs is 1. The maximum Gasteiger partial charge on any atom is 0.356 e. The maximum atomic E-state index is 12.8. The van der Waals surface area contributed by atoms with Gasteiger partial charge in [0.1, 0.15) is 18.2 Å². The van der Waals surface area contributed by atoms with Gasteiger partial charge in [-0.15, -0.1) is 0 Å². The van der Waals surface area contributed by atoms with Crippen molar-refractivity contribution in [2.75, 3.05) is 19.7 Å². The number of rotatable bonds is 5. The second kappa shape index (κ2) is 6.15. The Bertz CT molecular complexity index is 669. The molecule has 0 bridgehead atoms. The number of aromatic carboxylic acids is 1. The van der Waals surface area contributed by atoms with Gasteiger partial charge < -0.3 is 9.84 Å². The maximum absolute atomic E-state index is 12.8. The summed E-state index contributed by atoms with van der Waals surface area (Å²) in [6, 6.07) is 5.88. The lowest BCUT2D eigenvalue weighted by Crippen LogP contribution is -2.34. The Morgan fingerprint density at radius 3 is 2.91 bits per heavy atom. The number of nitrogens with zero attached hydrogens (tertiary/aromatic N) is 2. The molecule has 6 nitrogen and oxygen atoms in total. The number of aromatic nitrogens is 2. The van der Waals surface area contributed by atoms with E-state index in [0.29, 0.717) is 25.4 Å². The molecule has 2 heterocycles. The number of carboxylic acid groups (broad SMARTS) is 1. The van der Waals surface area contributed by atoms with Gasteiger partial charge in [0.05, 0.1) is 0 Å². The van der Waals surface area contributed by atoms with Crippen LogP contribution in [0.3, 0.4) is 0 Å². The van der Waals surface area contributed by atoms with Crippen LogP contribution in [0.25, 0.3) is 0 Å². The van der Waals surface area contributed by atoms with E-state index in [-0.39, 0.29) is 11.5 Å². The van der Waals surface area contributed by atoms with Crippen molar-refractivity contribution in [2.45, 2.75) is 13.0 Å². The first-order valence-electron chi connectivity index (χ1n) is 7.03. The largest absolute Gasteiger partial charge is 0.492 e. The number of ether oxygens (including phenoxy) is 1. The van der Waals surface area contributed by atoms with Gasteiger partial charge in [-0.25, -0.2) is 9.18 Å². The Labute approximate surface area is 126 Å². The Hall–Kier alpha value is -2.41. The summed E-state index contributed by atoms with van der Waals surface area (Å²) in [6.45, 7) is 2.49. The first-order valence-corrected chi connectivity index (χ1v) is 7.03. The molecule has 1 aliphatic rings. The second-order valence-electron chi connectivity index (χ2n) is 5.16. The number of carbonyl (C=O) groups is 1. The average molecular weight is 305 g/mol. The molecule has 116 valence electrons. The van der Waals surface area contributed by atoms with Crippen LogP contribution in [0.15, 0.2) is 24.3 Å². The van der Waals surface area contributed by atoms with Gasteiger partial charge in [0.2, 0.25) is 0 Å². The molecular weight excluding hydrogens is 289 g/mol. The van der Waals surface area contributed by atoms with Crippen molar-refractivity contribution >= 4 is 5.97 Å². The topological polar surface area (TPSA) is 78.4 Å². The Morgan fingerprint density at radius 2 is 2.18 bits per heavy atom. The van der Waals surface area contributed by atoms with Gasteiger partial charge in [0.25, 0.3) is 0 Å².